The van der Waals surface area contributed by atoms with E-state index < -0.39 is 28.8 Å². The summed E-state index contributed by atoms with van der Waals surface area (Å²) >= 11 is 14.1. The summed E-state index contributed by atoms with van der Waals surface area (Å²) in [5.41, 5.74) is -4.14. The molecule has 1 heterocycles. The minimum atomic E-state index is -4.78. The lowest BCUT2D eigenvalue weighted by Gasteiger charge is -2.43. The van der Waals surface area contributed by atoms with Gasteiger partial charge in [0.15, 0.2) is 5.60 Å². The number of aliphatic hydroxyl groups is 1. The van der Waals surface area contributed by atoms with Crippen LogP contribution in [0.3, 0.4) is 0 Å². The van der Waals surface area contributed by atoms with Crippen molar-refractivity contribution in [2.24, 2.45) is 5.92 Å². The molecule has 184 valence electrons. The van der Waals surface area contributed by atoms with E-state index in [4.69, 9.17) is 23.2 Å². The lowest BCUT2D eigenvalue weighted by molar-refractivity contribution is -0.142. The third-order valence-corrected chi connectivity index (χ3v) is 8.07. The average Bonchev–Trinajstić information content (AvgIpc) is 2.93. The molecule has 1 unspecified atom stereocenters. The third-order valence-electron chi connectivity index (χ3n) is 6.90. The Morgan fingerprint density at radius 2 is 1.82 bits per heavy atom. The van der Waals surface area contributed by atoms with Gasteiger partial charge in [-0.05, 0) is 78.7 Å². The van der Waals surface area contributed by atoms with Crippen LogP contribution in [0.1, 0.15) is 43.4 Å². The van der Waals surface area contributed by atoms with Gasteiger partial charge in [0.1, 0.15) is 0 Å². The molecule has 4 nitrogen and oxygen atoms in total. The number of halogens is 6. The van der Waals surface area contributed by atoms with Crippen molar-refractivity contribution in [1.29, 1.82) is 0 Å². The quantitative estimate of drug-likeness (QED) is 0.382. The second-order valence-corrected chi connectivity index (χ2v) is 10.9. The SMILES string of the molecule is CCN(CC)C1CC(CN2C(=O)C(O)(c3ccc(Cl)cc3Cl)c3c2cc(I)cc3C(F)(F)F)C1. The van der Waals surface area contributed by atoms with Crippen LogP contribution in [-0.2, 0) is 16.6 Å². The van der Waals surface area contributed by atoms with Crippen molar-refractivity contribution >= 4 is 57.4 Å². The average molecular weight is 627 g/mol. The second-order valence-electron chi connectivity index (χ2n) is 8.81. The standard InChI is InChI=1S/C24H24Cl2F3IN2O2/c1-3-31(4-2)16-7-13(8-16)12-32-20-11-15(30)10-18(24(27,28)29)21(20)23(34,22(32)33)17-6-5-14(25)9-19(17)26/h5-6,9-11,13,16,34H,3-4,7-8,12H2,1-2H3. The normalized spacial score (nSPS) is 24.5. The summed E-state index contributed by atoms with van der Waals surface area (Å²) in [6, 6.07) is 6.89. The smallest absolute Gasteiger partial charge is 0.372 e. The molecule has 34 heavy (non-hydrogen) atoms. The molecule has 0 spiro atoms. The van der Waals surface area contributed by atoms with E-state index in [-0.39, 0.29) is 33.8 Å². The summed E-state index contributed by atoms with van der Waals surface area (Å²) in [7, 11) is 0. The predicted molar refractivity (Wildman–Crippen MR) is 135 cm³/mol. The van der Waals surface area contributed by atoms with Crippen LogP contribution in [0, 0.1) is 9.49 Å². The number of hydrogen-bond donors (Lipinski definition) is 1. The summed E-state index contributed by atoms with van der Waals surface area (Å²) in [5.74, 6) is -0.705. The van der Waals surface area contributed by atoms with E-state index in [2.05, 4.69) is 18.7 Å². The first-order valence-electron chi connectivity index (χ1n) is 11.1. The van der Waals surface area contributed by atoms with Gasteiger partial charge >= 0.3 is 6.18 Å². The Bertz CT molecular complexity index is 1120. The van der Waals surface area contributed by atoms with Gasteiger partial charge in [0, 0.05) is 37.3 Å². The Kier molecular flexibility index (Phi) is 7.21. The number of fused-ring (bicyclic) bond motifs is 1. The number of nitrogens with zero attached hydrogens (tertiary/aromatic N) is 2. The van der Waals surface area contributed by atoms with E-state index in [1.807, 2.05) is 0 Å². The van der Waals surface area contributed by atoms with Gasteiger partial charge in [0.25, 0.3) is 5.91 Å². The van der Waals surface area contributed by atoms with Gasteiger partial charge in [-0.1, -0.05) is 43.1 Å². The molecular formula is C24H24Cl2F3IN2O2. The van der Waals surface area contributed by atoms with Crippen LogP contribution >= 0.6 is 45.8 Å². The zero-order chi connectivity index (χ0) is 25.0. The molecule has 4 rings (SSSR count). The molecule has 10 heteroatoms. The van der Waals surface area contributed by atoms with Crippen LogP contribution in [0.15, 0.2) is 30.3 Å². The highest BCUT2D eigenvalue weighted by Crippen LogP contribution is 2.52. The van der Waals surface area contributed by atoms with Crippen LogP contribution < -0.4 is 4.90 Å². The zero-order valence-electron chi connectivity index (χ0n) is 18.6. The van der Waals surface area contributed by atoms with E-state index >= 15 is 0 Å². The number of hydrogen-bond acceptors (Lipinski definition) is 3. The molecule has 0 saturated heterocycles. The first-order valence-corrected chi connectivity index (χ1v) is 12.9. The summed E-state index contributed by atoms with van der Waals surface area (Å²) in [6.07, 6.45) is -3.09. The van der Waals surface area contributed by atoms with E-state index in [9.17, 15) is 23.1 Å². The number of carbonyl (C=O) groups is 1. The summed E-state index contributed by atoms with van der Waals surface area (Å²) in [4.78, 5) is 17.4. The third kappa shape index (κ3) is 4.34. The number of anilines is 1. The Morgan fingerprint density at radius 3 is 2.38 bits per heavy atom. The fraction of sp³-hybridized carbons (Fsp3) is 0.458. The maximum atomic E-state index is 14.2. The summed E-state index contributed by atoms with van der Waals surface area (Å²) < 4.78 is 42.8. The van der Waals surface area contributed by atoms with Crippen molar-refractivity contribution in [2.45, 2.75) is 44.5 Å². The van der Waals surface area contributed by atoms with E-state index in [0.29, 0.717) is 9.61 Å². The maximum Gasteiger partial charge on any atom is 0.416 e. The highest BCUT2D eigenvalue weighted by atomic mass is 127. The van der Waals surface area contributed by atoms with Crippen molar-refractivity contribution in [3.63, 3.8) is 0 Å². The summed E-state index contributed by atoms with van der Waals surface area (Å²) in [6.45, 7) is 6.25. The lowest BCUT2D eigenvalue weighted by Crippen LogP contribution is -2.50. The predicted octanol–water partition coefficient (Wildman–Crippen LogP) is 6.32. The molecule has 2 aliphatic rings. The van der Waals surface area contributed by atoms with Crippen molar-refractivity contribution in [1.82, 2.24) is 4.90 Å². The van der Waals surface area contributed by atoms with Gasteiger partial charge in [-0.25, -0.2) is 0 Å². The monoisotopic (exact) mass is 626 g/mol. The molecule has 0 radical (unpaired) electrons. The lowest BCUT2D eigenvalue weighted by atomic mass is 9.78. The number of benzene rings is 2. The molecule has 0 aromatic heterocycles. The summed E-state index contributed by atoms with van der Waals surface area (Å²) in [5, 5.41) is 11.9. The fourth-order valence-corrected chi connectivity index (χ4v) is 6.33. The highest BCUT2D eigenvalue weighted by Gasteiger charge is 2.57. The van der Waals surface area contributed by atoms with E-state index in [0.717, 1.165) is 32.0 Å². The largest absolute Gasteiger partial charge is 0.416 e. The zero-order valence-corrected chi connectivity index (χ0v) is 22.3. The van der Waals surface area contributed by atoms with Crippen LogP contribution in [0.25, 0.3) is 0 Å². The Hall–Kier alpha value is -1.07. The molecule has 2 aromatic rings. The number of amides is 1. The number of carbonyl (C=O) groups excluding carboxylic acids is 1. The van der Waals surface area contributed by atoms with Gasteiger partial charge in [-0.3, -0.25) is 4.79 Å². The molecule has 1 fully saturated rings. The molecule has 1 amide bonds. The minimum Gasteiger partial charge on any atom is -0.372 e. The second kappa shape index (κ2) is 9.42. The maximum absolute atomic E-state index is 14.2. The molecule has 1 N–H and O–H groups in total. The number of alkyl halides is 3. The molecule has 1 aliphatic carbocycles. The van der Waals surface area contributed by atoms with Gasteiger partial charge < -0.3 is 14.9 Å². The molecule has 2 aromatic carbocycles. The minimum absolute atomic E-state index is 0.0732. The molecular weight excluding hydrogens is 603 g/mol. The van der Waals surface area contributed by atoms with Gasteiger partial charge in [0.05, 0.1) is 11.3 Å². The van der Waals surface area contributed by atoms with Gasteiger partial charge in [-0.2, -0.15) is 13.2 Å². The number of rotatable bonds is 6. The molecule has 0 bridgehead atoms. The molecule has 1 atom stereocenters. The van der Waals surface area contributed by atoms with Crippen LogP contribution in [0.2, 0.25) is 10.0 Å². The first kappa shape index (κ1) is 26.0. The van der Waals surface area contributed by atoms with Gasteiger partial charge in [-0.15, -0.1) is 0 Å². The van der Waals surface area contributed by atoms with Crippen molar-refractivity contribution < 1.29 is 23.1 Å². The van der Waals surface area contributed by atoms with Crippen molar-refractivity contribution in [2.75, 3.05) is 24.5 Å². The van der Waals surface area contributed by atoms with E-state index in [1.54, 1.807) is 22.6 Å². The fourth-order valence-electron chi connectivity index (χ4n) is 5.18. The van der Waals surface area contributed by atoms with Crippen LogP contribution in [0.4, 0.5) is 18.9 Å². The Morgan fingerprint density at radius 1 is 1.18 bits per heavy atom. The Balaban J connectivity index is 1.80. The van der Waals surface area contributed by atoms with E-state index in [1.165, 1.54) is 29.2 Å². The van der Waals surface area contributed by atoms with Crippen LogP contribution in [-0.4, -0.2) is 41.6 Å². The van der Waals surface area contributed by atoms with Gasteiger partial charge in [0.2, 0.25) is 0 Å². The molecule has 1 saturated carbocycles. The van der Waals surface area contributed by atoms with Crippen LogP contribution in [0.5, 0.6) is 0 Å². The first-order chi connectivity index (χ1) is 15.9. The topological polar surface area (TPSA) is 43.8 Å². The van der Waals surface area contributed by atoms with Crippen molar-refractivity contribution in [3.8, 4) is 0 Å². The molecule has 1 aliphatic heterocycles. The Labute approximate surface area is 220 Å². The highest BCUT2D eigenvalue weighted by molar-refractivity contribution is 14.1. The van der Waals surface area contributed by atoms with Crippen molar-refractivity contribution in [3.05, 3.63) is 60.6 Å².